The van der Waals surface area contributed by atoms with Gasteiger partial charge in [0.25, 0.3) is 5.91 Å². The van der Waals surface area contributed by atoms with Gasteiger partial charge in [-0.1, -0.05) is 72.8 Å². The number of piperidine rings is 1. The minimum Gasteiger partial charge on any atom is -0.383 e. The van der Waals surface area contributed by atoms with Crippen LogP contribution in [-0.2, 0) is 22.7 Å². The molecule has 3 aromatic carbocycles. The maximum absolute atomic E-state index is 13.0. The molecule has 2 amide bonds. The lowest BCUT2D eigenvalue weighted by atomic mass is 9.95. The molecule has 1 saturated heterocycles. The molecule has 5 rings (SSSR count). The van der Waals surface area contributed by atoms with Crippen molar-refractivity contribution in [3.63, 3.8) is 0 Å². The van der Waals surface area contributed by atoms with E-state index in [0.29, 0.717) is 38.3 Å². The van der Waals surface area contributed by atoms with E-state index in [-0.39, 0.29) is 23.6 Å². The first-order valence-electron chi connectivity index (χ1n) is 13.6. The first-order valence-corrected chi connectivity index (χ1v) is 13.6. The van der Waals surface area contributed by atoms with Crippen LogP contribution in [0.2, 0.25) is 0 Å². The van der Waals surface area contributed by atoms with Gasteiger partial charge < -0.3 is 15.5 Å². The highest BCUT2D eigenvalue weighted by Crippen LogP contribution is 2.33. The van der Waals surface area contributed by atoms with Crippen LogP contribution in [0.15, 0.2) is 89.9 Å². The number of aliphatic imine (C=N–C) groups is 1. The number of carbonyl (C=O) groups excluding carboxylic acids is 2. The van der Waals surface area contributed by atoms with E-state index in [2.05, 4.69) is 64.5 Å². The fourth-order valence-corrected chi connectivity index (χ4v) is 5.06. The Hall–Kier alpha value is -3.93. The molecule has 2 fully saturated rings. The number of rotatable bonds is 9. The van der Waals surface area contributed by atoms with Gasteiger partial charge in [0.05, 0.1) is 0 Å². The standard InChI is InChI=1S/C32H36N4O2/c33-31(34-32(38)27-16-18-35(19-17-27)30(37)20-24-14-15-24)28-12-7-13-29(21-28)36(22-25-8-3-1-4-9-25)23-26-10-5-2-6-11-26/h1-13,21,24,27H,14-20,22-23H2,(H2,33,34,38). The van der Waals surface area contributed by atoms with Gasteiger partial charge in [-0.25, -0.2) is 0 Å². The smallest absolute Gasteiger partial charge is 0.250 e. The van der Waals surface area contributed by atoms with E-state index in [0.717, 1.165) is 24.3 Å². The van der Waals surface area contributed by atoms with Crippen molar-refractivity contribution in [3.8, 4) is 0 Å². The maximum Gasteiger partial charge on any atom is 0.250 e. The van der Waals surface area contributed by atoms with E-state index < -0.39 is 0 Å². The number of anilines is 1. The topological polar surface area (TPSA) is 79.0 Å². The number of nitrogens with zero attached hydrogens (tertiary/aromatic N) is 3. The van der Waals surface area contributed by atoms with E-state index in [1.165, 1.54) is 24.0 Å². The molecular weight excluding hydrogens is 472 g/mol. The zero-order valence-electron chi connectivity index (χ0n) is 21.8. The molecule has 3 aromatic rings. The lowest BCUT2D eigenvalue weighted by Gasteiger charge is -2.30. The fraction of sp³-hybridized carbons (Fsp3) is 0.344. The number of benzene rings is 3. The quantitative estimate of drug-likeness (QED) is 0.320. The predicted molar refractivity (Wildman–Crippen MR) is 152 cm³/mol. The van der Waals surface area contributed by atoms with E-state index in [9.17, 15) is 9.59 Å². The Kier molecular flexibility index (Phi) is 8.17. The molecule has 38 heavy (non-hydrogen) atoms. The number of carbonyl (C=O) groups is 2. The molecule has 6 nitrogen and oxygen atoms in total. The Morgan fingerprint density at radius 1 is 0.816 bits per heavy atom. The van der Waals surface area contributed by atoms with Gasteiger partial charge in [-0.15, -0.1) is 0 Å². The highest BCUT2D eigenvalue weighted by atomic mass is 16.2. The van der Waals surface area contributed by atoms with Crippen molar-refractivity contribution in [1.29, 1.82) is 0 Å². The summed E-state index contributed by atoms with van der Waals surface area (Å²) in [5, 5.41) is 0. The summed E-state index contributed by atoms with van der Waals surface area (Å²) < 4.78 is 0. The first kappa shape index (κ1) is 25.7. The zero-order chi connectivity index (χ0) is 26.3. The number of hydrogen-bond acceptors (Lipinski definition) is 3. The first-order chi connectivity index (χ1) is 18.5. The van der Waals surface area contributed by atoms with Crippen LogP contribution in [0, 0.1) is 11.8 Å². The Balaban J connectivity index is 1.27. The summed E-state index contributed by atoms with van der Waals surface area (Å²) in [7, 11) is 0. The van der Waals surface area contributed by atoms with Crippen LogP contribution in [0.5, 0.6) is 0 Å². The van der Waals surface area contributed by atoms with E-state index in [4.69, 9.17) is 5.73 Å². The second kappa shape index (κ2) is 12.1. The maximum atomic E-state index is 13.0. The summed E-state index contributed by atoms with van der Waals surface area (Å²) in [6, 6.07) is 28.7. The molecule has 2 aliphatic rings. The second-order valence-electron chi connectivity index (χ2n) is 10.5. The molecule has 0 bridgehead atoms. The Morgan fingerprint density at radius 2 is 1.42 bits per heavy atom. The number of likely N-dealkylation sites (tertiary alicyclic amines) is 1. The highest BCUT2D eigenvalue weighted by molar-refractivity contribution is 6.05. The van der Waals surface area contributed by atoms with Gasteiger partial charge in [0.15, 0.2) is 0 Å². The van der Waals surface area contributed by atoms with Crippen LogP contribution in [0.3, 0.4) is 0 Å². The average Bonchev–Trinajstić information content (AvgIpc) is 3.78. The third-order valence-corrected chi connectivity index (χ3v) is 7.53. The van der Waals surface area contributed by atoms with Crippen molar-refractivity contribution in [2.45, 2.75) is 45.2 Å². The van der Waals surface area contributed by atoms with Crippen molar-refractivity contribution in [2.75, 3.05) is 18.0 Å². The number of amides is 2. The van der Waals surface area contributed by atoms with E-state index >= 15 is 0 Å². The molecule has 196 valence electrons. The predicted octanol–water partition coefficient (Wildman–Crippen LogP) is 5.16. The van der Waals surface area contributed by atoms with Crippen LogP contribution in [0.4, 0.5) is 5.69 Å². The molecule has 1 heterocycles. The molecule has 0 spiro atoms. The van der Waals surface area contributed by atoms with Gasteiger partial charge in [-0.3, -0.25) is 9.59 Å². The monoisotopic (exact) mass is 508 g/mol. The molecule has 0 atom stereocenters. The fourth-order valence-electron chi connectivity index (χ4n) is 5.06. The van der Waals surface area contributed by atoms with Gasteiger partial charge in [0, 0.05) is 49.8 Å². The van der Waals surface area contributed by atoms with Gasteiger partial charge >= 0.3 is 0 Å². The van der Waals surface area contributed by atoms with Crippen LogP contribution < -0.4 is 10.6 Å². The molecular formula is C32H36N4O2. The van der Waals surface area contributed by atoms with Crippen LogP contribution in [0.1, 0.15) is 48.8 Å². The summed E-state index contributed by atoms with van der Waals surface area (Å²) in [6.07, 6.45) is 4.30. The van der Waals surface area contributed by atoms with Crippen molar-refractivity contribution < 1.29 is 9.59 Å². The molecule has 1 aliphatic heterocycles. The Morgan fingerprint density at radius 3 is 2.00 bits per heavy atom. The molecule has 6 heteroatoms. The summed E-state index contributed by atoms with van der Waals surface area (Å²) >= 11 is 0. The third-order valence-electron chi connectivity index (χ3n) is 7.53. The molecule has 2 N–H and O–H groups in total. The zero-order valence-corrected chi connectivity index (χ0v) is 21.8. The number of hydrogen-bond donors (Lipinski definition) is 1. The average molecular weight is 509 g/mol. The number of amidine groups is 1. The normalized spacial score (nSPS) is 16.3. The van der Waals surface area contributed by atoms with Crippen LogP contribution in [0.25, 0.3) is 0 Å². The summed E-state index contributed by atoms with van der Waals surface area (Å²) in [4.78, 5) is 33.9. The van der Waals surface area contributed by atoms with Crippen molar-refractivity contribution in [2.24, 2.45) is 22.6 Å². The van der Waals surface area contributed by atoms with Gasteiger partial charge in [-0.2, -0.15) is 4.99 Å². The van der Waals surface area contributed by atoms with E-state index in [1.54, 1.807) is 0 Å². The van der Waals surface area contributed by atoms with E-state index in [1.807, 2.05) is 35.2 Å². The van der Waals surface area contributed by atoms with Gasteiger partial charge in [0.1, 0.15) is 5.84 Å². The van der Waals surface area contributed by atoms with Crippen LogP contribution in [-0.4, -0.2) is 35.6 Å². The number of nitrogens with two attached hydrogens (primary N) is 1. The minimum absolute atomic E-state index is 0.186. The highest BCUT2D eigenvalue weighted by Gasteiger charge is 2.31. The molecule has 0 radical (unpaired) electrons. The lowest BCUT2D eigenvalue weighted by molar-refractivity contribution is -0.135. The SMILES string of the molecule is NC(=NC(=O)C1CCN(C(=O)CC2CC2)CC1)c1cccc(N(Cc2ccccc2)Cc2ccccc2)c1. The third kappa shape index (κ3) is 6.88. The molecule has 1 aliphatic carbocycles. The second-order valence-corrected chi connectivity index (χ2v) is 10.5. The minimum atomic E-state index is -0.187. The van der Waals surface area contributed by atoms with Crippen LogP contribution >= 0.6 is 0 Å². The molecule has 1 saturated carbocycles. The summed E-state index contributed by atoms with van der Waals surface area (Å²) in [5.41, 5.74) is 10.5. The van der Waals surface area contributed by atoms with Crippen molar-refractivity contribution >= 4 is 23.3 Å². The Labute approximate surface area is 225 Å². The Bertz CT molecular complexity index is 1220. The van der Waals surface area contributed by atoms with Gasteiger partial charge in [0.2, 0.25) is 5.91 Å². The molecule has 0 aromatic heterocycles. The lowest BCUT2D eigenvalue weighted by Crippen LogP contribution is -2.40. The largest absolute Gasteiger partial charge is 0.383 e. The molecule has 0 unspecified atom stereocenters. The summed E-state index contributed by atoms with van der Waals surface area (Å²) in [6.45, 7) is 2.74. The summed E-state index contributed by atoms with van der Waals surface area (Å²) in [5.74, 6) is 0.678. The van der Waals surface area contributed by atoms with Crippen molar-refractivity contribution in [3.05, 3.63) is 102 Å². The van der Waals surface area contributed by atoms with Gasteiger partial charge in [-0.05, 0) is 54.9 Å². The van der Waals surface area contributed by atoms with Crippen molar-refractivity contribution in [1.82, 2.24) is 4.90 Å².